The van der Waals surface area contributed by atoms with E-state index >= 15 is 0 Å². The summed E-state index contributed by atoms with van der Waals surface area (Å²) < 4.78 is 14.5. The van der Waals surface area contributed by atoms with Gasteiger partial charge in [-0.2, -0.15) is 5.10 Å². The Morgan fingerprint density at radius 1 is 1.36 bits per heavy atom. The number of benzene rings is 1. The summed E-state index contributed by atoms with van der Waals surface area (Å²) in [5.41, 5.74) is 1.00. The molecule has 1 unspecified atom stereocenters. The van der Waals surface area contributed by atoms with Crippen molar-refractivity contribution in [2.45, 2.75) is 25.3 Å². The van der Waals surface area contributed by atoms with Crippen molar-refractivity contribution >= 4 is 5.91 Å². The van der Waals surface area contributed by atoms with E-state index in [1.54, 1.807) is 24.4 Å². The Bertz CT molecular complexity index is 650. The van der Waals surface area contributed by atoms with E-state index in [2.05, 4.69) is 10.4 Å². The van der Waals surface area contributed by atoms with Crippen molar-refractivity contribution in [1.29, 1.82) is 0 Å². The molecule has 2 N–H and O–H groups in total. The number of amides is 1. The van der Waals surface area contributed by atoms with E-state index in [0.717, 1.165) is 12.8 Å². The monoisotopic (exact) mass is 303 g/mol. The number of nitrogens with one attached hydrogen (secondary N) is 1. The van der Waals surface area contributed by atoms with Gasteiger partial charge in [0, 0.05) is 18.8 Å². The third-order valence-corrected chi connectivity index (χ3v) is 3.86. The first-order chi connectivity index (χ1) is 10.7. The molecular formula is C16H18FN3O2. The maximum absolute atomic E-state index is 12.9. The second kappa shape index (κ2) is 6.27. The predicted molar refractivity (Wildman–Crippen MR) is 79.2 cm³/mol. The smallest absolute Gasteiger partial charge is 0.272 e. The van der Waals surface area contributed by atoms with E-state index in [4.69, 9.17) is 5.11 Å². The first-order valence-electron chi connectivity index (χ1n) is 7.40. The molecule has 1 atom stereocenters. The van der Waals surface area contributed by atoms with Gasteiger partial charge in [-0.15, -0.1) is 0 Å². The van der Waals surface area contributed by atoms with Gasteiger partial charge in [0.1, 0.15) is 5.82 Å². The molecular weight excluding hydrogens is 285 g/mol. The molecule has 1 fully saturated rings. The van der Waals surface area contributed by atoms with Crippen molar-refractivity contribution < 1.29 is 14.3 Å². The Balaban J connectivity index is 1.69. The van der Waals surface area contributed by atoms with E-state index in [1.807, 2.05) is 0 Å². The van der Waals surface area contributed by atoms with E-state index < -0.39 is 0 Å². The zero-order chi connectivity index (χ0) is 15.5. The lowest BCUT2D eigenvalue weighted by atomic mass is 10.1. The number of nitrogens with zero attached hydrogens (tertiary/aromatic N) is 2. The second-order valence-electron chi connectivity index (χ2n) is 5.55. The van der Waals surface area contributed by atoms with Gasteiger partial charge in [0.2, 0.25) is 0 Å². The lowest BCUT2D eigenvalue weighted by Crippen LogP contribution is -2.37. The van der Waals surface area contributed by atoms with Gasteiger partial charge in [-0.05, 0) is 55.5 Å². The van der Waals surface area contributed by atoms with E-state index in [-0.39, 0.29) is 24.4 Å². The quantitative estimate of drug-likeness (QED) is 0.856. The first-order valence-corrected chi connectivity index (χ1v) is 7.40. The molecule has 1 saturated carbocycles. The van der Waals surface area contributed by atoms with Crippen LogP contribution in [0.3, 0.4) is 0 Å². The molecule has 0 aliphatic heterocycles. The molecule has 0 saturated heterocycles. The molecule has 1 aliphatic rings. The predicted octanol–water partition coefficient (Wildman–Crippen LogP) is 1.90. The molecule has 1 amide bonds. The van der Waals surface area contributed by atoms with E-state index in [0.29, 0.717) is 23.7 Å². The lowest BCUT2D eigenvalue weighted by molar-refractivity contribution is 0.0918. The van der Waals surface area contributed by atoms with Crippen molar-refractivity contribution in [3.63, 3.8) is 0 Å². The molecule has 3 rings (SSSR count). The molecule has 6 heteroatoms. The third-order valence-electron chi connectivity index (χ3n) is 3.86. The van der Waals surface area contributed by atoms with Crippen molar-refractivity contribution in [1.82, 2.24) is 15.1 Å². The summed E-state index contributed by atoms with van der Waals surface area (Å²) >= 11 is 0. The number of aromatic nitrogens is 2. The van der Waals surface area contributed by atoms with Gasteiger partial charge in [0.05, 0.1) is 5.69 Å². The van der Waals surface area contributed by atoms with Crippen molar-refractivity contribution in [2.24, 2.45) is 5.92 Å². The largest absolute Gasteiger partial charge is 0.396 e. The fraction of sp³-hybridized carbons (Fsp3) is 0.375. The van der Waals surface area contributed by atoms with Crippen LogP contribution in [0.2, 0.25) is 0 Å². The number of hydrogen-bond donors (Lipinski definition) is 2. The summed E-state index contributed by atoms with van der Waals surface area (Å²) in [6.07, 6.45) is 4.42. The maximum atomic E-state index is 12.9. The van der Waals surface area contributed by atoms with Gasteiger partial charge in [0.25, 0.3) is 5.91 Å². The first kappa shape index (κ1) is 14.7. The van der Waals surface area contributed by atoms with Crippen LogP contribution in [0.25, 0.3) is 5.69 Å². The number of halogens is 1. The number of aliphatic hydroxyl groups is 1. The highest BCUT2D eigenvalue weighted by Gasteiger charge is 2.32. The van der Waals surface area contributed by atoms with Crippen LogP contribution in [-0.4, -0.2) is 33.4 Å². The molecule has 0 radical (unpaired) electrons. The van der Waals surface area contributed by atoms with Crippen LogP contribution >= 0.6 is 0 Å². The average Bonchev–Trinajstić information content (AvgIpc) is 3.24. The van der Waals surface area contributed by atoms with Crippen LogP contribution in [0.4, 0.5) is 4.39 Å². The van der Waals surface area contributed by atoms with Gasteiger partial charge < -0.3 is 10.4 Å². The Labute approximate surface area is 127 Å². The van der Waals surface area contributed by atoms with E-state index in [1.165, 1.54) is 16.8 Å². The highest BCUT2D eigenvalue weighted by molar-refractivity contribution is 5.92. The summed E-state index contributed by atoms with van der Waals surface area (Å²) in [5, 5.41) is 16.2. The number of rotatable bonds is 6. The Kier molecular flexibility index (Phi) is 4.20. The minimum atomic E-state index is -0.315. The maximum Gasteiger partial charge on any atom is 0.272 e. The number of carbonyl (C=O) groups excluding carboxylic acids is 1. The Morgan fingerprint density at radius 3 is 2.73 bits per heavy atom. The van der Waals surface area contributed by atoms with Crippen molar-refractivity contribution in [3.05, 3.63) is 48.0 Å². The number of aliphatic hydroxyl groups excluding tert-OH is 1. The van der Waals surface area contributed by atoms with Crippen molar-refractivity contribution in [3.8, 4) is 5.69 Å². The van der Waals surface area contributed by atoms with Gasteiger partial charge in [-0.1, -0.05) is 0 Å². The van der Waals surface area contributed by atoms with Gasteiger partial charge in [-0.3, -0.25) is 4.79 Å². The van der Waals surface area contributed by atoms with Crippen LogP contribution in [0.1, 0.15) is 29.8 Å². The topological polar surface area (TPSA) is 67.2 Å². The van der Waals surface area contributed by atoms with E-state index in [9.17, 15) is 9.18 Å². The summed E-state index contributed by atoms with van der Waals surface area (Å²) in [5.74, 6) is -0.0911. The van der Waals surface area contributed by atoms with Gasteiger partial charge in [0.15, 0.2) is 5.69 Å². The van der Waals surface area contributed by atoms with Gasteiger partial charge in [-0.25, -0.2) is 9.07 Å². The molecule has 1 aromatic carbocycles. The third kappa shape index (κ3) is 3.33. The second-order valence-corrected chi connectivity index (χ2v) is 5.55. The van der Waals surface area contributed by atoms with Crippen LogP contribution in [-0.2, 0) is 0 Å². The molecule has 5 nitrogen and oxygen atoms in total. The zero-order valence-corrected chi connectivity index (χ0v) is 12.1. The lowest BCUT2D eigenvalue weighted by Gasteiger charge is -2.16. The van der Waals surface area contributed by atoms with Crippen molar-refractivity contribution in [2.75, 3.05) is 6.61 Å². The summed E-state index contributed by atoms with van der Waals surface area (Å²) in [6, 6.07) is 7.53. The highest BCUT2D eigenvalue weighted by atomic mass is 19.1. The number of carbonyl (C=O) groups is 1. The minimum absolute atomic E-state index is 0.00784. The molecule has 116 valence electrons. The summed E-state index contributed by atoms with van der Waals surface area (Å²) in [7, 11) is 0. The fourth-order valence-electron chi connectivity index (χ4n) is 2.49. The minimum Gasteiger partial charge on any atom is -0.396 e. The van der Waals surface area contributed by atoms with Gasteiger partial charge >= 0.3 is 0 Å². The molecule has 22 heavy (non-hydrogen) atoms. The normalized spacial score (nSPS) is 15.5. The Hall–Kier alpha value is -2.21. The average molecular weight is 303 g/mol. The zero-order valence-electron chi connectivity index (χ0n) is 12.1. The standard InChI is InChI=1S/C16H18FN3O2/c17-12-3-5-13(6-4-12)20-9-7-15(19-20)16(22)18-14(8-10-21)11-1-2-11/h3-7,9,11,14,21H,1-2,8,10H2,(H,18,22). The number of hydrogen-bond acceptors (Lipinski definition) is 3. The molecule has 1 heterocycles. The van der Waals surface area contributed by atoms with Crippen LogP contribution in [0.15, 0.2) is 36.5 Å². The Morgan fingerprint density at radius 2 is 2.09 bits per heavy atom. The molecule has 0 bridgehead atoms. The fourth-order valence-corrected chi connectivity index (χ4v) is 2.49. The molecule has 1 aliphatic carbocycles. The highest BCUT2D eigenvalue weighted by Crippen LogP contribution is 2.34. The molecule has 0 spiro atoms. The SMILES string of the molecule is O=C(NC(CCO)C1CC1)c1ccn(-c2ccc(F)cc2)n1. The molecule has 1 aromatic heterocycles. The summed E-state index contributed by atoms with van der Waals surface area (Å²) in [4.78, 5) is 12.2. The molecule has 2 aromatic rings. The summed E-state index contributed by atoms with van der Waals surface area (Å²) in [6.45, 7) is 0.0610. The van der Waals surface area contributed by atoms with Crippen LogP contribution in [0, 0.1) is 11.7 Å². The van der Waals surface area contributed by atoms with Crippen LogP contribution < -0.4 is 5.32 Å². The van der Waals surface area contributed by atoms with Crippen LogP contribution in [0.5, 0.6) is 0 Å².